The second-order valence-corrected chi connectivity index (χ2v) is 8.10. The van der Waals surface area contributed by atoms with Crippen LogP contribution in [0.1, 0.15) is 40.4 Å². The molecule has 1 aromatic carbocycles. The van der Waals surface area contributed by atoms with Gasteiger partial charge in [-0.05, 0) is 55.5 Å². The lowest BCUT2D eigenvalue weighted by Gasteiger charge is -2.17. The number of aryl methyl sites for hydroxylation is 2. The van der Waals surface area contributed by atoms with Gasteiger partial charge in [0.1, 0.15) is 11.4 Å². The predicted molar refractivity (Wildman–Crippen MR) is 130 cm³/mol. The molecule has 4 N–H and O–H groups in total. The molecular weight excluding hydrogens is 454 g/mol. The maximum Gasteiger partial charge on any atom is 0.341 e. The highest BCUT2D eigenvalue weighted by Gasteiger charge is 2.28. The van der Waals surface area contributed by atoms with E-state index in [0.717, 1.165) is 46.4 Å². The summed E-state index contributed by atoms with van der Waals surface area (Å²) >= 11 is 0. The second-order valence-electron chi connectivity index (χ2n) is 8.10. The Morgan fingerprint density at radius 3 is 2.20 bits per heavy atom. The molecule has 0 atom stereocenters. The van der Waals surface area contributed by atoms with Crippen molar-refractivity contribution in [1.29, 1.82) is 0 Å². The molecule has 3 aromatic rings. The maximum absolute atomic E-state index is 12.7. The van der Waals surface area contributed by atoms with Crippen molar-refractivity contribution in [2.24, 2.45) is 0 Å². The lowest BCUT2D eigenvalue weighted by molar-refractivity contribution is -0.134. The number of hydrogen-bond donors (Lipinski definition) is 4. The van der Waals surface area contributed by atoms with Crippen LogP contribution in [0.25, 0.3) is 22.0 Å². The molecule has 1 fully saturated rings. The van der Waals surface area contributed by atoms with E-state index in [2.05, 4.69) is 16.4 Å². The molecule has 10 heteroatoms. The van der Waals surface area contributed by atoms with Gasteiger partial charge in [0.15, 0.2) is 0 Å². The van der Waals surface area contributed by atoms with Crippen molar-refractivity contribution < 1.29 is 29.7 Å². The van der Waals surface area contributed by atoms with Crippen LogP contribution in [0, 0.1) is 13.8 Å². The summed E-state index contributed by atoms with van der Waals surface area (Å²) in [5.74, 6) is -2.86. The fourth-order valence-corrected chi connectivity index (χ4v) is 3.86. The van der Waals surface area contributed by atoms with Crippen LogP contribution < -0.4 is 10.7 Å². The van der Waals surface area contributed by atoms with E-state index in [-0.39, 0.29) is 11.6 Å². The minimum Gasteiger partial charge on any atom is -0.478 e. The molecule has 35 heavy (non-hydrogen) atoms. The lowest BCUT2D eigenvalue weighted by atomic mass is 9.97. The summed E-state index contributed by atoms with van der Waals surface area (Å²) in [6.07, 6.45) is 6.44. The summed E-state index contributed by atoms with van der Waals surface area (Å²) in [5.41, 5.74) is 4.20. The van der Waals surface area contributed by atoms with E-state index in [1.165, 1.54) is 6.20 Å². The number of carboxylic acid groups (broad SMARTS) is 3. The number of nitrogens with one attached hydrogen (secondary N) is 1. The standard InChI is InChI=1S/C21H21N3O3.C4H4O4/c1-11-8-13(9-23-20(11)22-3)15-6-7-16-18(12(15)2)24(14-4-5-14)10-17(19(16)25)21(26)27;5-3(6)1-2-4(7)8/h6-10,14H,4-5H2,1-3H3,(H,22,23)(H,26,27);1-2H,(H,5,6)(H,7,8)/b;2-1+. The van der Waals surface area contributed by atoms with Crippen molar-refractivity contribution in [3.05, 3.63) is 69.7 Å². The van der Waals surface area contributed by atoms with Gasteiger partial charge in [-0.1, -0.05) is 6.07 Å². The first-order chi connectivity index (χ1) is 16.5. The number of hydrogen-bond acceptors (Lipinski definition) is 6. The highest BCUT2D eigenvalue weighted by Crippen LogP contribution is 2.39. The first kappa shape index (κ1) is 25.2. The Morgan fingerprint density at radius 1 is 1.09 bits per heavy atom. The number of anilines is 1. The average Bonchev–Trinajstić information content (AvgIpc) is 3.64. The summed E-state index contributed by atoms with van der Waals surface area (Å²) in [4.78, 5) is 47.8. The molecule has 0 aliphatic heterocycles. The third-order valence-corrected chi connectivity index (χ3v) is 5.61. The van der Waals surface area contributed by atoms with E-state index in [0.29, 0.717) is 17.5 Å². The van der Waals surface area contributed by atoms with Crippen molar-refractivity contribution in [2.75, 3.05) is 12.4 Å². The third-order valence-electron chi connectivity index (χ3n) is 5.61. The Bertz CT molecular complexity index is 1400. The Morgan fingerprint density at radius 2 is 1.71 bits per heavy atom. The molecular formula is C25H25N3O7. The molecule has 4 rings (SSSR count). The van der Waals surface area contributed by atoms with E-state index >= 15 is 0 Å². The highest BCUT2D eigenvalue weighted by molar-refractivity contribution is 5.95. The minimum atomic E-state index is -1.26. The summed E-state index contributed by atoms with van der Waals surface area (Å²) < 4.78 is 1.97. The summed E-state index contributed by atoms with van der Waals surface area (Å²) in [6, 6.07) is 5.95. The van der Waals surface area contributed by atoms with E-state index in [1.54, 1.807) is 6.07 Å². The van der Waals surface area contributed by atoms with Crippen LogP contribution in [0.5, 0.6) is 0 Å². The van der Waals surface area contributed by atoms with Crippen molar-refractivity contribution >= 4 is 34.6 Å². The van der Waals surface area contributed by atoms with E-state index < -0.39 is 23.3 Å². The summed E-state index contributed by atoms with van der Waals surface area (Å²) in [7, 11) is 1.84. The van der Waals surface area contributed by atoms with Gasteiger partial charge in [-0.15, -0.1) is 0 Å². The van der Waals surface area contributed by atoms with Crippen molar-refractivity contribution in [3.63, 3.8) is 0 Å². The maximum atomic E-state index is 12.7. The number of carboxylic acids is 3. The largest absolute Gasteiger partial charge is 0.478 e. The fourth-order valence-electron chi connectivity index (χ4n) is 3.86. The molecule has 1 saturated carbocycles. The quantitative estimate of drug-likeness (QED) is 0.388. The summed E-state index contributed by atoms with van der Waals surface area (Å²) in [5, 5.41) is 28.6. The smallest absolute Gasteiger partial charge is 0.341 e. The molecule has 2 heterocycles. The molecule has 0 bridgehead atoms. The fraction of sp³-hybridized carbons (Fsp3) is 0.240. The molecule has 0 saturated heterocycles. The van der Waals surface area contributed by atoms with Gasteiger partial charge in [0.2, 0.25) is 5.43 Å². The van der Waals surface area contributed by atoms with Crippen LogP contribution in [0.15, 0.2) is 47.5 Å². The molecule has 0 radical (unpaired) electrons. The molecule has 10 nitrogen and oxygen atoms in total. The molecule has 0 spiro atoms. The molecule has 0 amide bonds. The molecule has 1 aliphatic rings. The number of aromatic nitrogens is 2. The Kier molecular flexibility index (Phi) is 7.34. The van der Waals surface area contributed by atoms with Crippen molar-refractivity contribution in [1.82, 2.24) is 9.55 Å². The van der Waals surface area contributed by atoms with Gasteiger partial charge >= 0.3 is 17.9 Å². The van der Waals surface area contributed by atoms with Crippen LogP contribution in [0.2, 0.25) is 0 Å². The highest BCUT2D eigenvalue weighted by atomic mass is 16.4. The van der Waals surface area contributed by atoms with Crippen LogP contribution in [0.4, 0.5) is 5.82 Å². The number of carbonyl (C=O) groups is 3. The zero-order chi connectivity index (χ0) is 25.9. The molecule has 1 aliphatic carbocycles. The van der Waals surface area contributed by atoms with Gasteiger partial charge in [-0.2, -0.15) is 0 Å². The first-order valence-electron chi connectivity index (χ1n) is 10.8. The number of aliphatic carboxylic acids is 2. The molecule has 182 valence electrons. The normalized spacial score (nSPS) is 12.8. The zero-order valence-corrected chi connectivity index (χ0v) is 19.4. The van der Waals surface area contributed by atoms with Crippen LogP contribution in [-0.2, 0) is 9.59 Å². The monoisotopic (exact) mass is 479 g/mol. The first-order valence-corrected chi connectivity index (χ1v) is 10.8. The lowest BCUT2D eigenvalue weighted by Crippen LogP contribution is -2.19. The summed E-state index contributed by atoms with van der Waals surface area (Å²) in [6.45, 7) is 3.98. The van der Waals surface area contributed by atoms with Crippen LogP contribution in [0.3, 0.4) is 0 Å². The zero-order valence-electron chi connectivity index (χ0n) is 19.4. The van der Waals surface area contributed by atoms with Gasteiger partial charge in [-0.25, -0.2) is 19.4 Å². The van der Waals surface area contributed by atoms with E-state index in [1.807, 2.05) is 37.7 Å². The van der Waals surface area contributed by atoms with E-state index in [4.69, 9.17) is 10.2 Å². The molecule has 0 unspecified atom stereocenters. The van der Waals surface area contributed by atoms with E-state index in [9.17, 15) is 24.3 Å². The van der Waals surface area contributed by atoms with Crippen LogP contribution in [-0.4, -0.2) is 49.8 Å². The number of rotatable bonds is 6. The topological polar surface area (TPSA) is 159 Å². The minimum absolute atomic E-state index is 0.169. The predicted octanol–water partition coefficient (Wildman–Crippen LogP) is 3.47. The molecule has 2 aromatic heterocycles. The number of fused-ring (bicyclic) bond motifs is 1. The number of pyridine rings is 2. The SMILES string of the molecule is CNc1ncc(-c2ccc3c(=O)c(C(=O)O)cn(C4CC4)c3c2C)cc1C.O=C(O)/C=C/C(=O)O. The third kappa shape index (κ3) is 5.55. The van der Waals surface area contributed by atoms with Crippen molar-refractivity contribution in [3.8, 4) is 11.1 Å². The number of aromatic carboxylic acids is 1. The second kappa shape index (κ2) is 10.2. The number of nitrogens with zero attached hydrogens (tertiary/aromatic N) is 2. The van der Waals surface area contributed by atoms with Crippen LogP contribution >= 0.6 is 0 Å². The Labute approximate surface area is 200 Å². The number of benzene rings is 1. The van der Waals surface area contributed by atoms with Gasteiger partial charge in [0.25, 0.3) is 0 Å². The Balaban J connectivity index is 0.000000371. The van der Waals surface area contributed by atoms with Gasteiger partial charge in [-0.3, -0.25) is 4.79 Å². The van der Waals surface area contributed by atoms with Gasteiger partial charge < -0.3 is 25.2 Å². The van der Waals surface area contributed by atoms with Gasteiger partial charge in [0.05, 0.1) is 5.52 Å². The van der Waals surface area contributed by atoms with Gasteiger partial charge in [0, 0.05) is 48.6 Å². The van der Waals surface area contributed by atoms with Crippen molar-refractivity contribution in [2.45, 2.75) is 32.7 Å². The average molecular weight is 479 g/mol. The Hall–Kier alpha value is -4.47.